The van der Waals surface area contributed by atoms with Gasteiger partial charge in [-0.1, -0.05) is 78.0 Å². The standard InChI is InChI=1S/C26H20N2O3S2/c1-16-12-14-18(15-13-16)33(29,30)28-24-19-8-4-6-17-7-5-9-20(23(17)19)25(24)32-26-27-21-10-2-3-11-22(21)31-26/h2-15,24-25,28H,1H3/t24-,25-/m0/s1. The molecule has 1 aliphatic rings. The number of hydrogen-bond donors (Lipinski definition) is 1. The topological polar surface area (TPSA) is 72.2 Å². The van der Waals surface area contributed by atoms with E-state index in [1.165, 1.54) is 11.8 Å². The van der Waals surface area contributed by atoms with Crippen molar-refractivity contribution in [2.24, 2.45) is 0 Å². The first-order chi connectivity index (χ1) is 16.0. The first-order valence-corrected chi connectivity index (χ1v) is 13.0. The van der Waals surface area contributed by atoms with Crippen LogP contribution in [0.15, 0.2) is 99.5 Å². The van der Waals surface area contributed by atoms with E-state index in [9.17, 15) is 8.42 Å². The Hall–Kier alpha value is -3.13. The van der Waals surface area contributed by atoms with Crippen molar-refractivity contribution < 1.29 is 12.8 Å². The third kappa shape index (κ3) is 3.53. The van der Waals surface area contributed by atoms with Crippen LogP contribution in [0.3, 0.4) is 0 Å². The molecule has 0 bridgehead atoms. The summed E-state index contributed by atoms with van der Waals surface area (Å²) in [6.45, 7) is 1.94. The molecule has 0 amide bonds. The molecule has 2 atom stereocenters. The Morgan fingerprint density at radius 2 is 1.61 bits per heavy atom. The fraction of sp³-hybridized carbons (Fsp3) is 0.115. The number of rotatable bonds is 5. The van der Waals surface area contributed by atoms with Gasteiger partial charge in [0.1, 0.15) is 5.52 Å². The van der Waals surface area contributed by atoms with Crippen LogP contribution >= 0.6 is 11.8 Å². The van der Waals surface area contributed by atoms with Gasteiger partial charge in [-0.2, -0.15) is 0 Å². The zero-order valence-corrected chi connectivity index (χ0v) is 19.4. The maximum absolute atomic E-state index is 13.3. The number of nitrogens with zero attached hydrogens (tertiary/aromatic N) is 1. The SMILES string of the molecule is Cc1ccc(S(=O)(=O)N[C@H]2c3cccc4cccc(c34)[C@@H]2Sc2nc3ccccc3o2)cc1. The first kappa shape index (κ1) is 20.5. The normalized spacial score (nSPS) is 17.7. The Labute approximate surface area is 195 Å². The number of sulfonamides is 1. The smallest absolute Gasteiger partial charge is 0.257 e. The predicted molar refractivity (Wildman–Crippen MR) is 131 cm³/mol. The van der Waals surface area contributed by atoms with Crippen molar-refractivity contribution in [3.8, 4) is 0 Å². The lowest BCUT2D eigenvalue weighted by Gasteiger charge is -2.21. The van der Waals surface area contributed by atoms with E-state index in [2.05, 4.69) is 27.9 Å². The maximum Gasteiger partial charge on any atom is 0.257 e. The van der Waals surface area contributed by atoms with Crippen molar-refractivity contribution in [3.05, 3.63) is 102 Å². The van der Waals surface area contributed by atoms with E-state index in [0.29, 0.717) is 10.8 Å². The molecule has 5 nitrogen and oxygen atoms in total. The Morgan fingerprint density at radius 3 is 2.36 bits per heavy atom. The van der Waals surface area contributed by atoms with Crippen LogP contribution in [0.2, 0.25) is 0 Å². The third-order valence-corrected chi connectivity index (χ3v) is 8.64. The summed E-state index contributed by atoms with van der Waals surface area (Å²) >= 11 is 1.45. The van der Waals surface area contributed by atoms with Gasteiger partial charge in [0.15, 0.2) is 5.58 Å². The molecule has 1 N–H and O–H groups in total. The molecule has 1 heterocycles. The van der Waals surface area contributed by atoms with Crippen LogP contribution in [0.1, 0.15) is 28.0 Å². The first-order valence-electron chi connectivity index (χ1n) is 10.6. The molecule has 4 aromatic carbocycles. The monoisotopic (exact) mass is 472 g/mol. The second-order valence-electron chi connectivity index (χ2n) is 8.19. The van der Waals surface area contributed by atoms with Crippen molar-refractivity contribution >= 4 is 43.7 Å². The van der Waals surface area contributed by atoms with E-state index in [0.717, 1.165) is 33.0 Å². The molecule has 7 heteroatoms. The van der Waals surface area contributed by atoms with E-state index >= 15 is 0 Å². The molecule has 33 heavy (non-hydrogen) atoms. The average molecular weight is 473 g/mol. The molecule has 0 unspecified atom stereocenters. The molecule has 0 fully saturated rings. The summed E-state index contributed by atoms with van der Waals surface area (Å²) in [7, 11) is -3.74. The number of thioether (sulfide) groups is 1. The lowest BCUT2D eigenvalue weighted by Crippen LogP contribution is -2.30. The highest BCUT2D eigenvalue weighted by Gasteiger charge is 2.38. The zero-order valence-electron chi connectivity index (χ0n) is 17.7. The van der Waals surface area contributed by atoms with E-state index in [1.807, 2.05) is 61.5 Å². The minimum Gasteiger partial charge on any atom is -0.431 e. The largest absolute Gasteiger partial charge is 0.431 e. The van der Waals surface area contributed by atoms with Gasteiger partial charge in [-0.15, -0.1) is 0 Å². The molecule has 5 aromatic rings. The van der Waals surface area contributed by atoms with Gasteiger partial charge in [0.25, 0.3) is 5.22 Å². The maximum atomic E-state index is 13.3. The minimum absolute atomic E-state index is 0.223. The van der Waals surface area contributed by atoms with E-state index < -0.39 is 16.1 Å². The fourth-order valence-electron chi connectivity index (χ4n) is 4.46. The molecule has 164 valence electrons. The molecule has 1 aromatic heterocycles. The fourth-order valence-corrected chi connectivity index (χ4v) is 6.95. The summed E-state index contributed by atoms with van der Waals surface area (Å²) in [5, 5.41) is 2.47. The van der Waals surface area contributed by atoms with Crippen LogP contribution in [0.25, 0.3) is 21.9 Å². The quantitative estimate of drug-likeness (QED) is 0.332. The highest BCUT2D eigenvalue weighted by Crippen LogP contribution is 2.53. The zero-order chi connectivity index (χ0) is 22.6. The predicted octanol–water partition coefficient (Wildman–Crippen LogP) is 6.16. The van der Waals surface area contributed by atoms with Crippen molar-refractivity contribution in [1.29, 1.82) is 0 Å². The van der Waals surface area contributed by atoms with Gasteiger partial charge in [-0.25, -0.2) is 18.1 Å². The van der Waals surface area contributed by atoms with Crippen LogP contribution in [0.4, 0.5) is 0 Å². The lowest BCUT2D eigenvalue weighted by atomic mass is 10.1. The summed E-state index contributed by atoms with van der Waals surface area (Å²) in [5.74, 6) is 0. The molecule has 0 aliphatic heterocycles. The number of aryl methyl sites for hydroxylation is 1. The minimum atomic E-state index is -3.74. The molecule has 1 aliphatic carbocycles. The second kappa shape index (κ2) is 7.73. The van der Waals surface area contributed by atoms with Crippen LogP contribution in [0, 0.1) is 6.92 Å². The van der Waals surface area contributed by atoms with Gasteiger partial charge in [0.05, 0.1) is 16.2 Å². The summed E-state index contributed by atoms with van der Waals surface area (Å²) in [4.78, 5) is 4.87. The molecule has 0 radical (unpaired) electrons. The van der Waals surface area contributed by atoms with Gasteiger partial charge < -0.3 is 4.42 Å². The van der Waals surface area contributed by atoms with Gasteiger partial charge in [-0.3, -0.25) is 0 Å². The lowest BCUT2D eigenvalue weighted by molar-refractivity contribution is 0.485. The van der Waals surface area contributed by atoms with E-state index in [1.54, 1.807) is 12.1 Å². The van der Waals surface area contributed by atoms with Crippen LogP contribution in [-0.2, 0) is 10.0 Å². The Balaban J connectivity index is 1.44. The van der Waals surface area contributed by atoms with E-state index in [-0.39, 0.29) is 10.1 Å². The van der Waals surface area contributed by atoms with Crippen molar-refractivity contribution in [3.63, 3.8) is 0 Å². The van der Waals surface area contributed by atoms with Crippen LogP contribution in [0.5, 0.6) is 0 Å². The summed E-state index contributed by atoms with van der Waals surface area (Å²) in [6, 6.07) is 26.2. The van der Waals surface area contributed by atoms with Crippen LogP contribution in [-0.4, -0.2) is 13.4 Å². The summed E-state index contributed by atoms with van der Waals surface area (Å²) in [5.41, 5.74) is 4.55. The van der Waals surface area contributed by atoms with Gasteiger partial charge in [-0.05, 0) is 53.1 Å². The van der Waals surface area contributed by atoms with Crippen molar-refractivity contribution in [2.75, 3.05) is 0 Å². The van der Waals surface area contributed by atoms with Gasteiger partial charge in [0, 0.05) is 0 Å². The Morgan fingerprint density at radius 1 is 0.879 bits per heavy atom. The average Bonchev–Trinajstić information content (AvgIpc) is 3.35. The molecule has 6 rings (SSSR count). The number of hydrogen-bond acceptors (Lipinski definition) is 5. The Kier molecular flexibility index (Phi) is 4.79. The number of para-hydroxylation sites is 2. The second-order valence-corrected chi connectivity index (χ2v) is 11.0. The number of fused-ring (bicyclic) bond motifs is 1. The number of aromatic nitrogens is 1. The number of benzene rings is 4. The molecular formula is C26H20N2O3S2. The highest BCUT2D eigenvalue weighted by atomic mass is 32.2. The summed E-state index contributed by atoms with van der Waals surface area (Å²) < 4.78 is 35.7. The molecule has 0 saturated carbocycles. The van der Waals surface area contributed by atoms with Gasteiger partial charge >= 0.3 is 0 Å². The van der Waals surface area contributed by atoms with E-state index in [4.69, 9.17) is 4.42 Å². The highest BCUT2D eigenvalue weighted by molar-refractivity contribution is 7.99. The molecule has 0 saturated heterocycles. The van der Waals surface area contributed by atoms with Crippen molar-refractivity contribution in [2.45, 2.75) is 28.3 Å². The third-order valence-electron chi connectivity index (χ3n) is 6.03. The molecular weight excluding hydrogens is 452 g/mol. The van der Waals surface area contributed by atoms with Gasteiger partial charge in [0.2, 0.25) is 10.0 Å². The summed E-state index contributed by atoms with van der Waals surface area (Å²) in [6.07, 6.45) is 0. The Bertz CT molecular complexity index is 1570. The molecule has 0 spiro atoms. The number of oxazole rings is 1. The van der Waals surface area contributed by atoms with Crippen LogP contribution < -0.4 is 4.72 Å². The number of nitrogens with one attached hydrogen (secondary N) is 1. The van der Waals surface area contributed by atoms with Crippen molar-refractivity contribution in [1.82, 2.24) is 9.71 Å².